The maximum Gasteiger partial charge on any atom is 0.252 e. The Bertz CT molecular complexity index is 925. The first-order valence-electron chi connectivity index (χ1n) is 7.68. The van der Waals surface area contributed by atoms with Crippen molar-refractivity contribution in [1.82, 2.24) is 5.32 Å². The normalized spacial score (nSPS) is 12.2. The van der Waals surface area contributed by atoms with E-state index < -0.39 is 0 Å². The molecule has 0 radical (unpaired) electrons. The summed E-state index contributed by atoms with van der Waals surface area (Å²) in [5.74, 6) is 0.622. The molecule has 0 fully saturated rings. The predicted octanol–water partition coefficient (Wildman–Crippen LogP) is 5.01. The molecule has 4 heteroatoms. The molecule has 24 heavy (non-hydrogen) atoms. The summed E-state index contributed by atoms with van der Waals surface area (Å²) in [5, 5.41) is 7.85. The lowest BCUT2D eigenvalue weighted by Gasteiger charge is -2.16. The minimum atomic E-state index is -0.328. The molecule has 4 aromatic rings. The molecule has 118 valence electrons. The van der Waals surface area contributed by atoms with Crippen LogP contribution in [0.4, 0.5) is 0 Å². The second kappa shape index (κ2) is 6.34. The van der Waals surface area contributed by atoms with Gasteiger partial charge in [0.25, 0.3) is 5.91 Å². The average Bonchev–Trinajstić information content (AvgIpc) is 3.29. The number of hydrogen-bond acceptors (Lipinski definition) is 3. The van der Waals surface area contributed by atoms with E-state index in [2.05, 4.69) is 5.32 Å². The largest absolute Gasteiger partial charge is 0.459 e. The highest BCUT2D eigenvalue weighted by molar-refractivity contribution is 7.08. The first kappa shape index (κ1) is 14.7. The van der Waals surface area contributed by atoms with Crippen molar-refractivity contribution >= 4 is 28.2 Å². The van der Waals surface area contributed by atoms with Crippen molar-refractivity contribution in [3.8, 4) is 0 Å². The van der Waals surface area contributed by atoms with E-state index >= 15 is 0 Å². The highest BCUT2D eigenvalue weighted by Gasteiger charge is 2.21. The second-order valence-corrected chi connectivity index (χ2v) is 6.30. The third-order valence-corrected chi connectivity index (χ3v) is 4.60. The van der Waals surface area contributed by atoms with Crippen molar-refractivity contribution in [2.24, 2.45) is 0 Å². The summed E-state index contributed by atoms with van der Waals surface area (Å²) in [5.41, 5.74) is 2.47. The minimum Gasteiger partial charge on any atom is -0.459 e. The van der Waals surface area contributed by atoms with Crippen LogP contribution in [0.1, 0.15) is 27.7 Å². The number of nitrogens with one attached hydrogen (secondary N) is 1. The predicted molar refractivity (Wildman–Crippen MR) is 96.3 cm³/mol. The van der Waals surface area contributed by atoms with Crippen molar-refractivity contribution in [3.05, 3.63) is 94.4 Å². The lowest BCUT2D eigenvalue weighted by Crippen LogP contribution is -2.28. The van der Waals surface area contributed by atoms with Gasteiger partial charge in [-0.25, -0.2) is 0 Å². The Kier molecular flexibility index (Phi) is 3.89. The number of amides is 1. The van der Waals surface area contributed by atoms with E-state index in [1.807, 2.05) is 77.5 Å². The SMILES string of the molecule is O=C(NC(c1ccccc1)c1cc2ccccc2o1)c1ccsc1. The van der Waals surface area contributed by atoms with Gasteiger partial charge in [0.2, 0.25) is 0 Å². The van der Waals surface area contributed by atoms with Gasteiger partial charge in [-0.2, -0.15) is 11.3 Å². The highest BCUT2D eigenvalue weighted by Crippen LogP contribution is 2.28. The Morgan fingerprint density at radius 2 is 1.79 bits per heavy atom. The monoisotopic (exact) mass is 333 g/mol. The van der Waals surface area contributed by atoms with Gasteiger partial charge >= 0.3 is 0 Å². The van der Waals surface area contributed by atoms with E-state index in [1.54, 1.807) is 0 Å². The number of carbonyl (C=O) groups excluding carboxylic acids is 1. The van der Waals surface area contributed by atoms with Crippen LogP contribution in [0, 0.1) is 0 Å². The fourth-order valence-corrected chi connectivity index (χ4v) is 3.35. The van der Waals surface area contributed by atoms with E-state index in [1.165, 1.54) is 11.3 Å². The van der Waals surface area contributed by atoms with Crippen LogP contribution in [0.15, 0.2) is 81.9 Å². The quantitative estimate of drug-likeness (QED) is 0.570. The molecule has 0 saturated carbocycles. The molecule has 0 saturated heterocycles. The molecule has 2 aromatic carbocycles. The fourth-order valence-electron chi connectivity index (χ4n) is 2.72. The highest BCUT2D eigenvalue weighted by atomic mass is 32.1. The van der Waals surface area contributed by atoms with Crippen LogP contribution in [0.3, 0.4) is 0 Å². The van der Waals surface area contributed by atoms with Crippen LogP contribution in [-0.2, 0) is 0 Å². The van der Waals surface area contributed by atoms with E-state index in [0.29, 0.717) is 5.56 Å². The summed E-state index contributed by atoms with van der Waals surface area (Å²) < 4.78 is 5.99. The Hall–Kier alpha value is -2.85. The van der Waals surface area contributed by atoms with Gasteiger partial charge in [0.1, 0.15) is 17.4 Å². The summed E-state index contributed by atoms with van der Waals surface area (Å²) in [4.78, 5) is 12.5. The van der Waals surface area contributed by atoms with Crippen molar-refractivity contribution in [1.29, 1.82) is 0 Å². The Labute approximate surface area is 143 Å². The van der Waals surface area contributed by atoms with Gasteiger partial charge in [0.15, 0.2) is 0 Å². The zero-order valence-electron chi connectivity index (χ0n) is 12.8. The van der Waals surface area contributed by atoms with E-state index in [9.17, 15) is 4.79 Å². The van der Waals surface area contributed by atoms with E-state index in [4.69, 9.17) is 4.42 Å². The lowest BCUT2D eigenvalue weighted by molar-refractivity contribution is 0.0939. The summed E-state index contributed by atoms with van der Waals surface area (Å²) in [6, 6.07) is 21.2. The molecular weight excluding hydrogens is 318 g/mol. The van der Waals surface area contributed by atoms with Gasteiger partial charge in [0, 0.05) is 10.8 Å². The molecule has 0 aliphatic carbocycles. The molecule has 1 atom stereocenters. The summed E-state index contributed by atoms with van der Waals surface area (Å²) >= 11 is 1.51. The topological polar surface area (TPSA) is 42.2 Å². The van der Waals surface area contributed by atoms with Crippen molar-refractivity contribution in [2.75, 3.05) is 0 Å². The molecule has 0 aliphatic rings. The van der Waals surface area contributed by atoms with Crippen LogP contribution < -0.4 is 5.32 Å². The molecule has 1 N–H and O–H groups in total. The summed E-state index contributed by atoms with van der Waals surface area (Å²) in [6.07, 6.45) is 0. The third kappa shape index (κ3) is 2.84. The Morgan fingerprint density at radius 1 is 1.00 bits per heavy atom. The number of carbonyl (C=O) groups is 1. The maximum absolute atomic E-state index is 12.5. The zero-order chi connectivity index (χ0) is 16.4. The molecule has 3 nitrogen and oxygen atoms in total. The van der Waals surface area contributed by atoms with Gasteiger partial charge in [-0.15, -0.1) is 0 Å². The number of fused-ring (bicyclic) bond motifs is 1. The van der Waals surface area contributed by atoms with E-state index in [-0.39, 0.29) is 11.9 Å². The summed E-state index contributed by atoms with van der Waals surface area (Å²) in [7, 11) is 0. The third-order valence-electron chi connectivity index (χ3n) is 3.92. The first-order valence-corrected chi connectivity index (χ1v) is 8.62. The summed E-state index contributed by atoms with van der Waals surface area (Å²) in [6.45, 7) is 0. The van der Waals surface area contributed by atoms with Crippen LogP contribution >= 0.6 is 11.3 Å². The van der Waals surface area contributed by atoms with Crippen molar-refractivity contribution in [2.45, 2.75) is 6.04 Å². The molecule has 1 unspecified atom stereocenters. The van der Waals surface area contributed by atoms with Crippen molar-refractivity contribution < 1.29 is 9.21 Å². The van der Waals surface area contributed by atoms with Gasteiger partial charge in [-0.3, -0.25) is 4.79 Å². The first-order chi connectivity index (χ1) is 11.8. The van der Waals surface area contributed by atoms with Crippen LogP contribution in [0.5, 0.6) is 0 Å². The molecule has 1 amide bonds. The van der Waals surface area contributed by atoms with Crippen LogP contribution in [-0.4, -0.2) is 5.91 Å². The number of hydrogen-bond donors (Lipinski definition) is 1. The van der Waals surface area contributed by atoms with Gasteiger partial charge in [0.05, 0.1) is 5.56 Å². The average molecular weight is 333 g/mol. The number of rotatable bonds is 4. The van der Waals surface area contributed by atoms with E-state index in [0.717, 1.165) is 22.3 Å². The van der Waals surface area contributed by atoms with Gasteiger partial charge in [-0.05, 0) is 29.1 Å². The number of thiophene rings is 1. The maximum atomic E-state index is 12.5. The fraction of sp³-hybridized carbons (Fsp3) is 0.0500. The van der Waals surface area contributed by atoms with Gasteiger partial charge < -0.3 is 9.73 Å². The molecule has 2 aromatic heterocycles. The van der Waals surface area contributed by atoms with Crippen LogP contribution in [0.25, 0.3) is 11.0 Å². The number of benzene rings is 2. The molecule has 4 rings (SSSR count). The Balaban J connectivity index is 1.74. The lowest BCUT2D eigenvalue weighted by atomic mass is 10.0. The second-order valence-electron chi connectivity index (χ2n) is 5.52. The smallest absolute Gasteiger partial charge is 0.252 e. The van der Waals surface area contributed by atoms with Crippen molar-refractivity contribution in [3.63, 3.8) is 0 Å². The molecular formula is C20H15NO2S. The standard InChI is InChI=1S/C20H15NO2S/c22-20(16-10-11-24-13-16)21-19(14-6-2-1-3-7-14)18-12-15-8-4-5-9-17(15)23-18/h1-13,19H,(H,21,22). The molecule has 0 bridgehead atoms. The molecule has 2 heterocycles. The number of furan rings is 1. The van der Waals surface area contributed by atoms with Gasteiger partial charge in [-0.1, -0.05) is 48.5 Å². The number of para-hydroxylation sites is 1. The zero-order valence-corrected chi connectivity index (χ0v) is 13.6. The minimum absolute atomic E-state index is 0.106. The Morgan fingerprint density at radius 3 is 2.54 bits per heavy atom. The molecule has 0 spiro atoms. The van der Waals surface area contributed by atoms with Crippen LogP contribution in [0.2, 0.25) is 0 Å². The molecule has 0 aliphatic heterocycles.